The van der Waals surface area contributed by atoms with Crippen LogP contribution in [0, 0.1) is 0 Å². The van der Waals surface area contributed by atoms with Gasteiger partial charge in [-0.05, 0) is 32.3 Å². The molecular formula is C17H28N4O2. The van der Waals surface area contributed by atoms with Gasteiger partial charge in [-0.3, -0.25) is 14.8 Å². The van der Waals surface area contributed by atoms with Gasteiger partial charge in [0.15, 0.2) is 0 Å². The molecule has 2 heterocycles. The maximum Gasteiger partial charge on any atom is 0.222 e. The number of rotatable bonds is 7. The zero-order valence-corrected chi connectivity index (χ0v) is 14.3. The molecule has 1 atom stereocenters. The van der Waals surface area contributed by atoms with Gasteiger partial charge in [0.25, 0.3) is 0 Å². The van der Waals surface area contributed by atoms with E-state index < -0.39 is 0 Å². The minimum Gasteiger partial charge on any atom is -0.379 e. The first-order valence-corrected chi connectivity index (χ1v) is 8.73. The molecule has 2 fully saturated rings. The Morgan fingerprint density at radius 1 is 1.48 bits per heavy atom. The molecule has 0 spiro atoms. The lowest BCUT2D eigenvalue weighted by atomic mass is 10.1. The summed E-state index contributed by atoms with van der Waals surface area (Å²) in [6, 6.07) is 2.54. The molecule has 1 aliphatic carbocycles. The molecule has 2 aliphatic rings. The van der Waals surface area contributed by atoms with Gasteiger partial charge in [-0.15, -0.1) is 0 Å². The fourth-order valence-electron chi connectivity index (χ4n) is 3.12. The molecule has 0 unspecified atom stereocenters. The van der Waals surface area contributed by atoms with Crippen molar-refractivity contribution in [1.82, 2.24) is 20.0 Å². The Balaban J connectivity index is 1.41. The van der Waals surface area contributed by atoms with E-state index in [-0.39, 0.29) is 5.91 Å². The molecule has 6 heteroatoms. The molecule has 1 amide bonds. The molecule has 23 heavy (non-hydrogen) atoms. The van der Waals surface area contributed by atoms with Gasteiger partial charge in [-0.25, -0.2) is 0 Å². The van der Waals surface area contributed by atoms with Crippen LogP contribution in [0.5, 0.6) is 0 Å². The number of ether oxygens (including phenoxy) is 1. The number of hydrogen-bond donors (Lipinski definition) is 1. The highest BCUT2D eigenvalue weighted by Crippen LogP contribution is 2.39. The van der Waals surface area contributed by atoms with E-state index in [2.05, 4.69) is 28.1 Å². The van der Waals surface area contributed by atoms with Crippen molar-refractivity contribution in [2.75, 3.05) is 33.4 Å². The smallest absolute Gasteiger partial charge is 0.222 e. The lowest BCUT2D eigenvalue weighted by molar-refractivity contribution is -0.130. The Bertz CT molecular complexity index is 520. The number of nitrogens with zero attached hydrogens (tertiary/aromatic N) is 3. The van der Waals surface area contributed by atoms with Crippen molar-refractivity contribution in [1.29, 1.82) is 0 Å². The first kappa shape index (κ1) is 16.5. The third-order valence-electron chi connectivity index (χ3n) is 4.92. The third kappa shape index (κ3) is 4.54. The van der Waals surface area contributed by atoms with Crippen molar-refractivity contribution in [3.8, 4) is 0 Å². The summed E-state index contributed by atoms with van der Waals surface area (Å²) in [5, 5.41) is 7.41. The molecule has 0 aromatic carbocycles. The Morgan fingerprint density at radius 2 is 2.22 bits per heavy atom. The van der Waals surface area contributed by atoms with Crippen molar-refractivity contribution in [3.05, 3.63) is 17.5 Å². The van der Waals surface area contributed by atoms with Crippen LogP contribution in [0.25, 0.3) is 0 Å². The van der Waals surface area contributed by atoms with E-state index in [1.165, 1.54) is 12.8 Å². The summed E-state index contributed by atoms with van der Waals surface area (Å²) in [5.74, 6) is 0.850. The molecule has 1 aromatic heterocycles. The van der Waals surface area contributed by atoms with Crippen LogP contribution in [0.3, 0.4) is 0 Å². The van der Waals surface area contributed by atoms with Crippen LogP contribution in [0.15, 0.2) is 6.07 Å². The first-order chi connectivity index (χ1) is 11.1. The van der Waals surface area contributed by atoms with Crippen molar-refractivity contribution >= 4 is 5.91 Å². The molecule has 1 aromatic rings. The Labute approximate surface area is 138 Å². The van der Waals surface area contributed by atoms with Crippen molar-refractivity contribution in [3.63, 3.8) is 0 Å². The van der Waals surface area contributed by atoms with Crippen LogP contribution < -0.4 is 0 Å². The molecule has 6 nitrogen and oxygen atoms in total. The van der Waals surface area contributed by atoms with Crippen LogP contribution in [0.4, 0.5) is 0 Å². The molecule has 1 N–H and O–H groups in total. The summed E-state index contributed by atoms with van der Waals surface area (Å²) in [7, 11) is 1.87. The van der Waals surface area contributed by atoms with Gasteiger partial charge in [0.05, 0.1) is 31.1 Å². The van der Waals surface area contributed by atoms with Gasteiger partial charge >= 0.3 is 0 Å². The summed E-state index contributed by atoms with van der Waals surface area (Å²) in [6.45, 7) is 6.38. The standard InChI is InChI=1S/C17H28N4O2/c1-13(21-7-9-23-10-8-21)3-6-17(22)20(2)12-15-11-16(19-18-15)14-4-5-14/h11,13-14H,3-10,12H2,1-2H3,(H,18,19)/t13-/m0/s1. The van der Waals surface area contributed by atoms with Gasteiger partial charge < -0.3 is 9.64 Å². The Morgan fingerprint density at radius 3 is 2.91 bits per heavy atom. The second-order valence-corrected chi connectivity index (χ2v) is 6.88. The van der Waals surface area contributed by atoms with Gasteiger partial charge in [0.1, 0.15) is 0 Å². The number of nitrogens with one attached hydrogen (secondary N) is 1. The largest absolute Gasteiger partial charge is 0.379 e. The SMILES string of the molecule is C[C@@H](CCC(=O)N(C)Cc1cc(C2CC2)n[nH]1)N1CCOCC1. The van der Waals surface area contributed by atoms with Gasteiger partial charge in [-0.1, -0.05) is 0 Å². The molecule has 0 bridgehead atoms. The lowest BCUT2D eigenvalue weighted by Gasteiger charge is -2.32. The fraction of sp³-hybridized carbons (Fsp3) is 0.765. The number of carbonyl (C=O) groups is 1. The van der Waals surface area contributed by atoms with Gasteiger partial charge in [0.2, 0.25) is 5.91 Å². The number of aromatic amines is 1. The monoisotopic (exact) mass is 320 g/mol. The molecule has 3 rings (SSSR count). The second-order valence-electron chi connectivity index (χ2n) is 6.88. The highest BCUT2D eigenvalue weighted by Gasteiger charge is 2.26. The maximum absolute atomic E-state index is 12.3. The zero-order chi connectivity index (χ0) is 16.2. The minimum atomic E-state index is 0.202. The number of morpholine rings is 1. The van der Waals surface area contributed by atoms with Crippen LogP contribution in [0.2, 0.25) is 0 Å². The van der Waals surface area contributed by atoms with E-state index in [1.54, 1.807) is 4.90 Å². The van der Waals surface area contributed by atoms with E-state index in [4.69, 9.17) is 4.74 Å². The van der Waals surface area contributed by atoms with Crippen LogP contribution in [0.1, 0.15) is 49.9 Å². The van der Waals surface area contributed by atoms with Crippen molar-refractivity contribution in [2.24, 2.45) is 0 Å². The Kier molecular flexibility index (Phi) is 5.33. The normalized spacial score (nSPS) is 20.4. The number of carbonyl (C=O) groups excluding carboxylic acids is 1. The first-order valence-electron chi connectivity index (χ1n) is 8.73. The van der Waals surface area contributed by atoms with E-state index in [0.717, 1.165) is 44.1 Å². The molecule has 0 radical (unpaired) electrons. The maximum atomic E-state index is 12.3. The molecule has 1 saturated heterocycles. The van der Waals surface area contributed by atoms with E-state index in [1.807, 2.05) is 7.05 Å². The van der Waals surface area contributed by atoms with Gasteiger partial charge in [0, 0.05) is 38.5 Å². The fourth-order valence-corrected chi connectivity index (χ4v) is 3.12. The van der Waals surface area contributed by atoms with Crippen molar-refractivity contribution in [2.45, 2.75) is 51.1 Å². The van der Waals surface area contributed by atoms with E-state index >= 15 is 0 Å². The molecule has 128 valence electrons. The summed E-state index contributed by atoms with van der Waals surface area (Å²) < 4.78 is 5.38. The summed E-state index contributed by atoms with van der Waals surface area (Å²) in [6.07, 6.45) is 4.00. The second kappa shape index (κ2) is 7.45. The van der Waals surface area contributed by atoms with Crippen LogP contribution in [-0.4, -0.2) is 65.3 Å². The summed E-state index contributed by atoms with van der Waals surface area (Å²) >= 11 is 0. The molecule has 1 aliphatic heterocycles. The lowest BCUT2D eigenvalue weighted by Crippen LogP contribution is -2.42. The van der Waals surface area contributed by atoms with Crippen LogP contribution >= 0.6 is 0 Å². The predicted octanol–water partition coefficient (Wildman–Crippen LogP) is 1.75. The average molecular weight is 320 g/mol. The van der Waals surface area contributed by atoms with E-state index in [9.17, 15) is 4.79 Å². The zero-order valence-electron chi connectivity index (χ0n) is 14.3. The number of hydrogen-bond acceptors (Lipinski definition) is 4. The van der Waals surface area contributed by atoms with Crippen LogP contribution in [-0.2, 0) is 16.1 Å². The van der Waals surface area contributed by atoms with Gasteiger partial charge in [-0.2, -0.15) is 5.10 Å². The van der Waals surface area contributed by atoms with E-state index in [0.29, 0.717) is 24.9 Å². The summed E-state index contributed by atoms with van der Waals surface area (Å²) in [5.41, 5.74) is 2.19. The molecule has 1 saturated carbocycles. The number of amides is 1. The Hall–Kier alpha value is -1.40. The number of aromatic nitrogens is 2. The topological polar surface area (TPSA) is 61.5 Å². The summed E-state index contributed by atoms with van der Waals surface area (Å²) in [4.78, 5) is 16.5. The highest BCUT2D eigenvalue weighted by molar-refractivity contribution is 5.75. The van der Waals surface area contributed by atoms with Crippen molar-refractivity contribution < 1.29 is 9.53 Å². The average Bonchev–Trinajstić information content (AvgIpc) is 3.33. The predicted molar refractivity (Wildman–Crippen MR) is 88.1 cm³/mol. The third-order valence-corrected chi connectivity index (χ3v) is 4.92. The molecular weight excluding hydrogens is 292 g/mol. The number of H-pyrrole nitrogens is 1. The minimum absolute atomic E-state index is 0.202. The highest BCUT2D eigenvalue weighted by atomic mass is 16.5. The quantitative estimate of drug-likeness (QED) is 0.831.